The number of aryl methyl sites for hydroxylation is 1. The molecule has 1 aliphatic heterocycles. The van der Waals surface area contributed by atoms with Gasteiger partial charge in [0.15, 0.2) is 0 Å². The normalized spacial score (nSPS) is 15.5. The van der Waals surface area contributed by atoms with Crippen LogP contribution in [0.15, 0.2) is 30.3 Å². The van der Waals surface area contributed by atoms with Crippen LogP contribution in [0.4, 0.5) is 21.8 Å². The summed E-state index contributed by atoms with van der Waals surface area (Å²) in [4.78, 5) is 11.3. The van der Waals surface area contributed by atoms with Crippen molar-refractivity contribution in [3.63, 3.8) is 0 Å². The first-order valence-electron chi connectivity index (χ1n) is 7.84. The average molecular weight is 300 g/mol. The Morgan fingerprint density at radius 3 is 2.50 bits per heavy atom. The smallest absolute Gasteiger partial charge is 0.227 e. The van der Waals surface area contributed by atoms with Crippen LogP contribution in [0.2, 0.25) is 0 Å². The van der Waals surface area contributed by atoms with Crippen LogP contribution < -0.4 is 10.2 Å². The van der Waals surface area contributed by atoms with Gasteiger partial charge in [0.2, 0.25) is 5.95 Å². The number of nitrogens with one attached hydrogen (secondary N) is 1. The summed E-state index contributed by atoms with van der Waals surface area (Å²) in [5.41, 5.74) is 1.32. The second-order valence-corrected chi connectivity index (χ2v) is 5.70. The Kier molecular flexibility index (Phi) is 4.51. The van der Waals surface area contributed by atoms with Crippen LogP contribution in [0.3, 0.4) is 0 Å². The fraction of sp³-hybridized carbons (Fsp3) is 0.412. The molecular formula is C17H21FN4. The fourth-order valence-electron chi connectivity index (χ4n) is 2.73. The SMILES string of the molecule is Cc1cc(Nc2ccccc2F)nc(N2CCCCCC2)n1. The quantitative estimate of drug-likeness (QED) is 0.928. The van der Waals surface area contributed by atoms with Gasteiger partial charge in [-0.15, -0.1) is 0 Å². The molecule has 1 aliphatic rings. The molecule has 0 bridgehead atoms. The summed E-state index contributed by atoms with van der Waals surface area (Å²) in [6, 6.07) is 8.46. The highest BCUT2D eigenvalue weighted by molar-refractivity contribution is 5.58. The van der Waals surface area contributed by atoms with Crippen LogP contribution in [0, 0.1) is 12.7 Å². The van der Waals surface area contributed by atoms with Crippen LogP contribution in [0.5, 0.6) is 0 Å². The first-order chi connectivity index (χ1) is 10.7. The zero-order valence-corrected chi connectivity index (χ0v) is 12.8. The zero-order chi connectivity index (χ0) is 15.4. The Hall–Kier alpha value is -2.17. The summed E-state index contributed by atoms with van der Waals surface area (Å²) in [6.45, 7) is 3.92. The van der Waals surface area contributed by atoms with Gasteiger partial charge in [-0.05, 0) is 31.9 Å². The number of benzene rings is 1. The molecule has 0 radical (unpaired) electrons. The molecule has 2 aromatic rings. The average Bonchev–Trinajstić information content (AvgIpc) is 2.78. The molecule has 1 saturated heterocycles. The molecule has 1 aromatic carbocycles. The molecule has 5 heteroatoms. The molecule has 0 amide bonds. The summed E-state index contributed by atoms with van der Waals surface area (Å²) in [5, 5.41) is 3.06. The molecule has 0 unspecified atom stereocenters. The predicted molar refractivity (Wildman–Crippen MR) is 87.1 cm³/mol. The van der Waals surface area contributed by atoms with Crippen molar-refractivity contribution in [3.05, 3.63) is 41.8 Å². The lowest BCUT2D eigenvalue weighted by molar-refractivity contribution is 0.631. The largest absolute Gasteiger partial charge is 0.341 e. The van der Waals surface area contributed by atoms with Gasteiger partial charge in [0.25, 0.3) is 0 Å². The summed E-state index contributed by atoms with van der Waals surface area (Å²) in [6.07, 6.45) is 4.88. The third-order valence-electron chi connectivity index (χ3n) is 3.87. The van der Waals surface area contributed by atoms with E-state index in [1.807, 2.05) is 13.0 Å². The van der Waals surface area contributed by atoms with Crippen LogP contribution in [0.1, 0.15) is 31.4 Å². The van der Waals surface area contributed by atoms with Crippen LogP contribution in [-0.4, -0.2) is 23.1 Å². The maximum absolute atomic E-state index is 13.8. The second-order valence-electron chi connectivity index (χ2n) is 5.70. The number of hydrogen-bond donors (Lipinski definition) is 1. The molecule has 4 nitrogen and oxygen atoms in total. The number of hydrogen-bond acceptors (Lipinski definition) is 4. The van der Waals surface area contributed by atoms with Gasteiger partial charge in [0.1, 0.15) is 11.6 Å². The predicted octanol–water partition coefficient (Wildman–Crippen LogP) is 4.05. The molecule has 0 aliphatic carbocycles. The highest BCUT2D eigenvalue weighted by atomic mass is 19.1. The second kappa shape index (κ2) is 6.73. The van der Waals surface area contributed by atoms with Gasteiger partial charge in [-0.1, -0.05) is 25.0 Å². The van der Waals surface area contributed by atoms with Crippen molar-refractivity contribution in [1.82, 2.24) is 9.97 Å². The Morgan fingerprint density at radius 1 is 1.05 bits per heavy atom. The topological polar surface area (TPSA) is 41.1 Å². The minimum atomic E-state index is -0.282. The maximum Gasteiger partial charge on any atom is 0.227 e. The Bertz CT molecular complexity index is 636. The highest BCUT2D eigenvalue weighted by Crippen LogP contribution is 2.22. The molecule has 1 aromatic heterocycles. The van der Waals surface area contributed by atoms with Crippen LogP contribution in [-0.2, 0) is 0 Å². The molecule has 0 spiro atoms. The van der Waals surface area contributed by atoms with Gasteiger partial charge in [0.05, 0.1) is 5.69 Å². The van der Waals surface area contributed by atoms with Gasteiger partial charge in [0, 0.05) is 24.8 Å². The number of aromatic nitrogens is 2. The van der Waals surface area contributed by atoms with Gasteiger partial charge in [-0.3, -0.25) is 0 Å². The number of para-hydroxylation sites is 1. The van der Waals surface area contributed by atoms with Gasteiger partial charge >= 0.3 is 0 Å². The Labute approximate surface area is 130 Å². The standard InChI is InChI=1S/C17H21FN4/c1-13-12-16(20-15-9-5-4-8-14(15)18)21-17(19-13)22-10-6-2-3-7-11-22/h4-5,8-9,12H,2-3,6-7,10-11H2,1H3,(H,19,20,21). The first kappa shape index (κ1) is 14.8. The van der Waals surface area contributed by atoms with E-state index in [2.05, 4.69) is 20.2 Å². The Morgan fingerprint density at radius 2 is 1.77 bits per heavy atom. The van der Waals surface area contributed by atoms with Crippen LogP contribution in [0.25, 0.3) is 0 Å². The van der Waals surface area contributed by atoms with Crippen molar-refractivity contribution in [1.29, 1.82) is 0 Å². The third-order valence-corrected chi connectivity index (χ3v) is 3.87. The molecule has 1 fully saturated rings. The summed E-state index contributed by atoms with van der Waals surface area (Å²) >= 11 is 0. The molecule has 1 N–H and O–H groups in total. The van der Waals surface area contributed by atoms with Crippen LogP contribution >= 0.6 is 0 Å². The van der Waals surface area contributed by atoms with E-state index in [0.29, 0.717) is 11.5 Å². The fourth-order valence-corrected chi connectivity index (χ4v) is 2.73. The van der Waals surface area contributed by atoms with Crippen molar-refractivity contribution in [2.24, 2.45) is 0 Å². The number of rotatable bonds is 3. The molecular weight excluding hydrogens is 279 g/mol. The van der Waals surface area contributed by atoms with Gasteiger partial charge < -0.3 is 10.2 Å². The molecule has 3 rings (SSSR count). The maximum atomic E-state index is 13.8. The Balaban J connectivity index is 1.84. The minimum Gasteiger partial charge on any atom is -0.341 e. The van der Waals surface area contributed by atoms with Crippen molar-refractivity contribution < 1.29 is 4.39 Å². The van der Waals surface area contributed by atoms with E-state index in [0.717, 1.165) is 24.7 Å². The van der Waals surface area contributed by atoms with Crippen molar-refractivity contribution in [2.75, 3.05) is 23.3 Å². The van der Waals surface area contributed by atoms with Gasteiger partial charge in [-0.2, -0.15) is 4.98 Å². The van der Waals surface area contributed by atoms with E-state index < -0.39 is 0 Å². The summed E-state index contributed by atoms with van der Waals surface area (Å²) in [7, 11) is 0. The molecule has 0 saturated carbocycles. The number of anilines is 3. The lowest BCUT2D eigenvalue weighted by Gasteiger charge is -2.21. The lowest BCUT2D eigenvalue weighted by Crippen LogP contribution is -2.26. The van der Waals surface area contributed by atoms with E-state index in [1.165, 1.54) is 31.7 Å². The first-order valence-corrected chi connectivity index (χ1v) is 7.84. The van der Waals surface area contributed by atoms with Crippen molar-refractivity contribution in [3.8, 4) is 0 Å². The van der Waals surface area contributed by atoms with E-state index in [9.17, 15) is 4.39 Å². The molecule has 22 heavy (non-hydrogen) atoms. The van der Waals surface area contributed by atoms with E-state index >= 15 is 0 Å². The lowest BCUT2D eigenvalue weighted by atomic mass is 10.2. The minimum absolute atomic E-state index is 0.282. The monoisotopic (exact) mass is 300 g/mol. The van der Waals surface area contributed by atoms with E-state index in [4.69, 9.17) is 0 Å². The van der Waals surface area contributed by atoms with E-state index in [1.54, 1.807) is 18.2 Å². The molecule has 116 valence electrons. The van der Waals surface area contributed by atoms with Crippen molar-refractivity contribution in [2.45, 2.75) is 32.6 Å². The molecule has 2 heterocycles. The van der Waals surface area contributed by atoms with Crippen molar-refractivity contribution >= 4 is 17.5 Å². The molecule has 0 atom stereocenters. The summed E-state index contributed by atoms with van der Waals surface area (Å²) < 4.78 is 13.8. The number of halogens is 1. The summed E-state index contributed by atoms with van der Waals surface area (Å²) in [5.74, 6) is 1.09. The van der Waals surface area contributed by atoms with E-state index in [-0.39, 0.29) is 5.82 Å². The zero-order valence-electron chi connectivity index (χ0n) is 12.8. The highest BCUT2D eigenvalue weighted by Gasteiger charge is 2.14. The third kappa shape index (κ3) is 3.53. The number of nitrogens with zero attached hydrogens (tertiary/aromatic N) is 3. The van der Waals surface area contributed by atoms with Gasteiger partial charge in [-0.25, -0.2) is 9.37 Å².